The Bertz CT molecular complexity index is 1180. The Morgan fingerprint density at radius 2 is 1.71 bits per heavy atom. The minimum atomic E-state index is -3.27. The Balaban J connectivity index is 1.42. The Labute approximate surface area is 187 Å². The molecule has 0 spiro atoms. The van der Waals surface area contributed by atoms with Gasteiger partial charge in [-0.15, -0.1) is 0 Å². The molecule has 0 N–H and O–H groups in total. The lowest BCUT2D eigenvalue weighted by atomic mass is 10.2. The molecule has 0 aliphatic carbocycles. The standard InChI is InChI=1S/C22H25ClN4O3S/c1-31(29,30)16-21-24-19-4-2-3-5-20(19)27(21)15-22(28)26-12-10-25(11-13-26)14-17-6-8-18(23)9-7-17/h2-9H,10-16H2,1H3. The van der Waals surface area contributed by atoms with Crippen LogP contribution in [0.25, 0.3) is 11.0 Å². The van der Waals surface area contributed by atoms with E-state index in [2.05, 4.69) is 9.88 Å². The Kier molecular flexibility index (Phi) is 6.31. The molecule has 2 heterocycles. The molecule has 1 fully saturated rings. The third kappa shape index (κ3) is 5.44. The van der Waals surface area contributed by atoms with Crippen molar-refractivity contribution in [3.8, 4) is 0 Å². The number of para-hydroxylation sites is 2. The molecule has 164 valence electrons. The molecule has 1 aliphatic rings. The Hall–Kier alpha value is -2.42. The van der Waals surface area contributed by atoms with Crippen molar-refractivity contribution in [2.24, 2.45) is 0 Å². The molecule has 2 aromatic carbocycles. The van der Waals surface area contributed by atoms with Crippen LogP contribution in [0.3, 0.4) is 0 Å². The molecular formula is C22H25ClN4O3S. The van der Waals surface area contributed by atoms with Crippen LogP contribution in [0.2, 0.25) is 5.02 Å². The summed E-state index contributed by atoms with van der Waals surface area (Å²) in [5, 5.41) is 0.724. The highest BCUT2D eigenvalue weighted by Gasteiger charge is 2.24. The molecule has 4 rings (SSSR count). The highest BCUT2D eigenvalue weighted by Crippen LogP contribution is 2.19. The van der Waals surface area contributed by atoms with E-state index < -0.39 is 9.84 Å². The summed E-state index contributed by atoms with van der Waals surface area (Å²) >= 11 is 5.95. The van der Waals surface area contributed by atoms with E-state index in [1.54, 1.807) is 4.57 Å². The smallest absolute Gasteiger partial charge is 0.242 e. The minimum absolute atomic E-state index is 0.0240. The van der Waals surface area contributed by atoms with E-state index in [0.29, 0.717) is 24.4 Å². The van der Waals surface area contributed by atoms with Gasteiger partial charge < -0.3 is 9.47 Å². The minimum Gasteiger partial charge on any atom is -0.339 e. The second kappa shape index (κ2) is 8.98. The molecule has 0 atom stereocenters. The number of halogens is 1. The SMILES string of the molecule is CS(=O)(=O)Cc1nc2ccccc2n1CC(=O)N1CCN(Cc2ccc(Cl)cc2)CC1. The van der Waals surface area contributed by atoms with E-state index in [1.807, 2.05) is 53.4 Å². The van der Waals surface area contributed by atoms with Crippen molar-refractivity contribution in [3.63, 3.8) is 0 Å². The molecule has 0 bridgehead atoms. The number of hydrogen-bond acceptors (Lipinski definition) is 5. The zero-order valence-electron chi connectivity index (χ0n) is 17.4. The van der Waals surface area contributed by atoms with E-state index in [9.17, 15) is 13.2 Å². The van der Waals surface area contributed by atoms with Crippen molar-refractivity contribution in [1.82, 2.24) is 19.4 Å². The van der Waals surface area contributed by atoms with Crippen LogP contribution in [0.15, 0.2) is 48.5 Å². The van der Waals surface area contributed by atoms with E-state index in [4.69, 9.17) is 11.6 Å². The molecular weight excluding hydrogens is 436 g/mol. The zero-order valence-corrected chi connectivity index (χ0v) is 18.9. The summed E-state index contributed by atoms with van der Waals surface area (Å²) in [6.07, 6.45) is 1.18. The fourth-order valence-electron chi connectivity index (χ4n) is 3.89. The first kappa shape index (κ1) is 21.8. The fourth-order valence-corrected chi connectivity index (χ4v) is 4.70. The number of amides is 1. The average Bonchev–Trinajstić information content (AvgIpc) is 3.05. The van der Waals surface area contributed by atoms with Gasteiger partial charge in [-0.3, -0.25) is 9.69 Å². The van der Waals surface area contributed by atoms with Crippen molar-refractivity contribution in [2.45, 2.75) is 18.8 Å². The fraction of sp³-hybridized carbons (Fsp3) is 0.364. The predicted molar refractivity (Wildman–Crippen MR) is 122 cm³/mol. The van der Waals surface area contributed by atoms with Crippen LogP contribution >= 0.6 is 11.6 Å². The van der Waals surface area contributed by atoms with Gasteiger partial charge in [-0.05, 0) is 29.8 Å². The highest BCUT2D eigenvalue weighted by atomic mass is 35.5. The summed E-state index contributed by atoms with van der Waals surface area (Å²) in [7, 11) is -3.27. The number of nitrogens with zero attached hydrogens (tertiary/aromatic N) is 4. The second-order valence-corrected chi connectivity index (χ2v) is 10.5. The molecule has 1 aromatic heterocycles. The quantitative estimate of drug-likeness (QED) is 0.565. The maximum Gasteiger partial charge on any atom is 0.242 e. The Morgan fingerprint density at radius 3 is 2.39 bits per heavy atom. The summed E-state index contributed by atoms with van der Waals surface area (Å²) in [5.74, 6) is 0.187. The predicted octanol–water partition coefficient (Wildman–Crippen LogP) is 2.58. The molecule has 7 nitrogen and oxygen atoms in total. The molecule has 0 saturated carbocycles. The van der Waals surface area contributed by atoms with Crippen LogP contribution in [0, 0.1) is 0 Å². The van der Waals surface area contributed by atoms with Crippen molar-refractivity contribution >= 4 is 38.4 Å². The van der Waals surface area contributed by atoms with E-state index in [0.717, 1.165) is 30.2 Å². The first-order valence-corrected chi connectivity index (χ1v) is 12.6. The van der Waals surface area contributed by atoms with Crippen LogP contribution in [-0.4, -0.2) is 66.1 Å². The van der Waals surface area contributed by atoms with Gasteiger partial charge >= 0.3 is 0 Å². The van der Waals surface area contributed by atoms with Gasteiger partial charge in [0.2, 0.25) is 5.91 Å². The monoisotopic (exact) mass is 460 g/mol. The number of fused-ring (bicyclic) bond motifs is 1. The lowest BCUT2D eigenvalue weighted by molar-refractivity contribution is -0.133. The van der Waals surface area contributed by atoms with Crippen LogP contribution < -0.4 is 0 Å². The van der Waals surface area contributed by atoms with E-state index >= 15 is 0 Å². The topological polar surface area (TPSA) is 75.5 Å². The number of carbonyl (C=O) groups excluding carboxylic acids is 1. The van der Waals surface area contributed by atoms with Crippen molar-refractivity contribution in [2.75, 3.05) is 32.4 Å². The summed E-state index contributed by atoms with van der Waals surface area (Å²) in [5.41, 5.74) is 2.66. The van der Waals surface area contributed by atoms with Gasteiger partial charge in [-0.25, -0.2) is 13.4 Å². The van der Waals surface area contributed by atoms with Gasteiger partial charge in [-0.2, -0.15) is 0 Å². The number of aromatic nitrogens is 2. The summed E-state index contributed by atoms with van der Waals surface area (Å²) in [4.78, 5) is 21.6. The Morgan fingerprint density at radius 1 is 1.03 bits per heavy atom. The first-order valence-electron chi connectivity index (χ1n) is 10.1. The third-order valence-corrected chi connectivity index (χ3v) is 6.50. The van der Waals surface area contributed by atoms with E-state index in [-0.39, 0.29) is 18.2 Å². The van der Waals surface area contributed by atoms with Gasteiger partial charge in [0.1, 0.15) is 18.1 Å². The third-order valence-electron chi connectivity index (χ3n) is 5.46. The molecule has 1 amide bonds. The second-order valence-electron chi connectivity index (χ2n) is 7.96. The number of hydrogen-bond donors (Lipinski definition) is 0. The zero-order chi connectivity index (χ0) is 22.0. The van der Waals surface area contributed by atoms with Gasteiger partial charge in [0.15, 0.2) is 9.84 Å². The molecule has 0 radical (unpaired) electrons. The number of imidazole rings is 1. The van der Waals surface area contributed by atoms with Crippen molar-refractivity contribution < 1.29 is 13.2 Å². The normalized spacial score (nSPS) is 15.5. The molecule has 1 saturated heterocycles. The van der Waals surface area contributed by atoms with Gasteiger partial charge in [-0.1, -0.05) is 35.9 Å². The molecule has 9 heteroatoms. The number of benzene rings is 2. The van der Waals surface area contributed by atoms with Crippen molar-refractivity contribution in [1.29, 1.82) is 0 Å². The van der Waals surface area contributed by atoms with Crippen LogP contribution in [-0.2, 0) is 33.5 Å². The molecule has 0 unspecified atom stereocenters. The van der Waals surface area contributed by atoms with Gasteiger partial charge in [0.25, 0.3) is 0 Å². The number of sulfone groups is 1. The van der Waals surface area contributed by atoms with Crippen LogP contribution in [0.4, 0.5) is 0 Å². The van der Waals surface area contributed by atoms with Crippen LogP contribution in [0.5, 0.6) is 0 Å². The lowest BCUT2D eigenvalue weighted by Gasteiger charge is -2.35. The maximum absolute atomic E-state index is 13.0. The first-order chi connectivity index (χ1) is 14.8. The number of piperazine rings is 1. The number of carbonyl (C=O) groups is 1. The molecule has 1 aliphatic heterocycles. The van der Waals surface area contributed by atoms with Gasteiger partial charge in [0, 0.05) is 44.0 Å². The maximum atomic E-state index is 13.0. The highest BCUT2D eigenvalue weighted by molar-refractivity contribution is 7.89. The average molecular weight is 461 g/mol. The summed E-state index contributed by atoms with van der Waals surface area (Å²) in [6, 6.07) is 15.2. The summed E-state index contributed by atoms with van der Waals surface area (Å²) in [6.45, 7) is 3.76. The van der Waals surface area contributed by atoms with Gasteiger partial charge in [0.05, 0.1) is 11.0 Å². The largest absolute Gasteiger partial charge is 0.339 e. The number of rotatable bonds is 6. The lowest BCUT2D eigenvalue weighted by Crippen LogP contribution is -2.49. The van der Waals surface area contributed by atoms with E-state index in [1.165, 1.54) is 11.8 Å². The molecule has 3 aromatic rings. The van der Waals surface area contributed by atoms with Crippen LogP contribution in [0.1, 0.15) is 11.4 Å². The molecule has 31 heavy (non-hydrogen) atoms. The van der Waals surface area contributed by atoms with Crippen molar-refractivity contribution in [3.05, 3.63) is 64.9 Å². The summed E-state index contributed by atoms with van der Waals surface area (Å²) < 4.78 is 25.5.